The summed E-state index contributed by atoms with van der Waals surface area (Å²) in [7, 11) is -0.0186. The van der Waals surface area contributed by atoms with Crippen LogP contribution in [0.5, 0.6) is 0 Å². The van der Waals surface area contributed by atoms with Crippen molar-refractivity contribution in [1.29, 1.82) is 10.5 Å². The average molecular weight is 208 g/mol. The van der Waals surface area contributed by atoms with E-state index < -0.39 is 0 Å². The summed E-state index contributed by atoms with van der Waals surface area (Å²) in [6.07, 6.45) is 8.94. The summed E-state index contributed by atoms with van der Waals surface area (Å²) < 4.78 is 0. The Morgan fingerprint density at radius 3 is 1.93 bits per heavy atom. The fraction of sp³-hybridized carbons (Fsp3) is 0.818. The first-order chi connectivity index (χ1) is 6.88. The van der Waals surface area contributed by atoms with Gasteiger partial charge in [0.25, 0.3) is 0 Å². The zero-order chi connectivity index (χ0) is 10.2. The number of hydrogen-bond acceptors (Lipinski definition) is 2. The zero-order valence-electron chi connectivity index (χ0n) is 8.58. The van der Waals surface area contributed by atoms with Gasteiger partial charge in [-0.05, 0) is 30.8 Å². The van der Waals surface area contributed by atoms with E-state index >= 15 is 0 Å². The predicted molar refractivity (Wildman–Crippen MR) is 59.4 cm³/mol. The van der Waals surface area contributed by atoms with Crippen molar-refractivity contribution >= 4 is 7.92 Å². The molecule has 0 unspecified atom stereocenters. The summed E-state index contributed by atoms with van der Waals surface area (Å²) in [4.78, 5) is 0. The first-order valence-electron chi connectivity index (χ1n) is 5.36. The monoisotopic (exact) mass is 208 g/mol. The maximum absolute atomic E-state index is 8.58. The predicted octanol–water partition coefficient (Wildman–Crippen LogP) is 3.24. The molecule has 1 aliphatic rings. The van der Waals surface area contributed by atoms with Gasteiger partial charge < -0.3 is 0 Å². The Morgan fingerprint density at radius 1 is 1.00 bits per heavy atom. The van der Waals surface area contributed by atoms with Gasteiger partial charge in [-0.15, -0.1) is 7.92 Å². The molecule has 76 valence electrons. The summed E-state index contributed by atoms with van der Waals surface area (Å²) in [5.41, 5.74) is 0.867. The molecule has 0 aromatic heterocycles. The van der Waals surface area contributed by atoms with Crippen LogP contribution in [0.25, 0.3) is 0 Å². The van der Waals surface area contributed by atoms with Gasteiger partial charge in [-0.3, -0.25) is 0 Å². The molecule has 2 nitrogen and oxygen atoms in total. The highest BCUT2D eigenvalue weighted by Crippen LogP contribution is 2.49. The van der Waals surface area contributed by atoms with Gasteiger partial charge in [0.1, 0.15) is 0 Å². The molecule has 1 aliphatic carbocycles. The first kappa shape index (κ1) is 11.5. The van der Waals surface area contributed by atoms with E-state index in [2.05, 4.69) is 12.1 Å². The molecule has 0 heterocycles. The van der Waals surface area contributed by atoms with E-state index in [1.165, 1.54) is 25.7 Å². The molecular formula is C11H17N2P. The minimum Gasteiger partial charge on any atom is -0.198 e. The Hall–Kier alpha value is -0.590. The van der Waals surface area contributed by atoms with Crippen LogP contribution in [0.2, 0.25) is 0 Å². The Bertz CT molecular complexity index is 215. The topological polar surface area (TPSA) is 47.6 Å². The molecule has 1 saturated carbocycles. The molecule has 3 heteroatoms. The van der Waals surface area contributed by atoms with Gasteiger partial charge in [0.15, 0.2) is 0 Å². The van der Waals surface area contributed by atoms with Crippen LogP contribution >= 0.6 is 7.92 Å². The maximum Gasteiger partial charge on any atom is 0.0625 e. The first-order valence-corrected chi connectivity index (χ1v) is 7.14. The zero-order valence-corrected chi connectivity index (χ0v) is 9.47. The van der Waals surface area contributed by atoms with E-state index in [0.29, 0.717) is 12.8 Å². The van der Waals surface area contributed by atoms with Crippen LogP contribution in [-0.4, -0.2) is 18.0 Å². The van der Waals surface area contributed by atoms with Crippen molar-refractivity contribution in [3.8, 4) is 12.1 Å². The van der Waals surface area contributed by atoms with Gasteiger partial charge in [-0.25, -0.2) is 0 Å². The standard InChI is InChI=1S/C11H17N2P/c12-7-3-9-14(10-4-8-13)11-5-1-2-6-11/h11H,1-6,9-10H2. The molecule has 0 bridgehead atoms. The minimum absolute atomic E-state index is 0.0186. The van der Waals surface area contributed by atoms with Crippen molar-refractivity contribution in [2.45, 2.75) is 44.2 Å². The number of nitrogens with zero attached hydrogens (tertiary/aromatic N) is 2. The Balaban J connectivity index is 2.35. The molecule has 0 aromatic rings. The lowest BCUT2D eigenvalue weighted by molar-refractivity contribution is 0.881. The molecule has 1 rings (SSSR count). The molecule has 0 spiro atoms. The van der Waals surface area contributed by atoms with E-state index in [4.69, 9.17) is 10.5 Å². The molecule has 0 aliphatic heterocycles. The van der Waals surface area contributed by atoms with Crippen LogP contribution in [0.4, 0.5) is 0 Å². The van der Waals surface area contributed by atoms with E-state index in [1.54, 1.807) is 0 Å². The molecule has 0 atom stereocenters. The Kier molecular flexibility index (Phi) is 5.58. The highest BCUT2D eigenvalue weighted by molar-refractivity contribution is 7.58. The second-order valence-electron chi connectivity index (χ2n) is 3.79. The van der Waals surface area contributed by atoms with Gasteiger partial charge >= 0.3 is 0 Å². The molecule has 14 heavy (non-hydrogen) atoms. The van der Waals surface area contributed by atoms with Crippen LogP contribution in [0.15, 0.2) is 0 Å². The third-order valence-corrected chi connectivity index (χ3v) is 6.01. The lowest BCUT2D eigenvalue weighted by Gasteiger charge is -2.22. The SMILES string of the molecule is N#CCCP(CCC#N)C1CCCC1. The van der Waals surface area contributed by atoms with Crippen molar-refractivity contribution in [2.75, 3.05) is 12.3 Å². The van der Waals surface area contributed by atoms with E-state index in [-0.39, 0.29) is 7.92 Å². The lowest BCUT2D eigenvalue weighted by Crippen LogP contribution is -2.04. The fourth-order valence-corrected chi connectivity index (χ4v) is 4.96. The molecule has 0 aromatic carbocycles. The summed E-state index contributed by atoms with van der Waals surface area (Å²) in [6, 6.07) is 4.46. The van der Waals surface area contributed by atoms with Crippen molar-refractivity contribution < 1.29 is 0 Å². The normalized spacial score (nSPS) is 16.8. The largest absolute Gasteiger partial charge is 0.198 e. The lowest BCUT2D eigenvalue weighted by atomic mass is 10.4. The van der Waals surface area contributed by atoms with Crippen molar-refractivity contribution in [3.05, 3.63) is 0 Å². The maximum atomic E-state index is 8.58. The van der Waals surface area contributed by atoms with Crippen LogP contribution in [-0.2, 0) is 0 Å². The smallest absolute Gasteiger partial charge is 0.0625 e. The average Bonchev–Trinajstić information content (AvgIpc) is 2.71. The Morgan fingerprint density at radius 2 is 1.50 bits per heavy atom. The summed E-state index contributed by atoms with van der Waals surface area (Å²) in [5.74, 6) is 0. The third kappa shape index (κ3) is 3.65. The van der Waals surface area contributed by atoms with Gasteiger partial charge in [0, 0.05) is 12.8 Å². The fourth-order valence-electron chi connectivity index (χ4n) is 2.13. The van der Waals surface area contributed by atoms with E-state index in [1.807, 2.05) is 0 Å². The highest BCUT2D eigenvalue weighted by atomic mass is 31.1. The number of nitriles is 2. The second kappa shape index (κ2) is 6.80. The molecule has 0 amide bonds. The summed E-state index contributed by atoms with van der Waals surface area (Å²) in [5, 5.41) is 17.2. The highest BCUT2D eigenvalue weighted by Gasteiger charge is 2.23. The van der Waals surface area contributed by atoms with E-state index in [9.17, 15) is 0 Å². The number of hydrogen-bond donors (Lipinski definition) is 0. The van der Waals surface area contributed by atoms with Crippen molar-refractivity contribution in [3.63, 3.8) is 0 Å². The van der Waals surface area contributed by atoms with Gasteiger partial charge in [-0.1, -0.05) is 12.8 Å². The van der Waals surface area contributed by atoms with Crippen LogP contribution < -0.4 is 0 Å². The molecule has 1 fully saturated rings. The Labute approximate surface area is 87.7 Å². The molecule has 0 radical (unpaired) electrons. The quantitative estimate of drug-likeness (QED) is 0.651. The van der Waals surface area contributed by atoms with Gasteiger partial charge in [0.2, 0.25) is 0 Å². The summed E-state index contributed by atoms with van der Waals surface area (Å²) >= 11 is 0. The van der Waals surface area contributed by atoms with Crippen molar-refractivity contribution in [1.82, 2.24) is 0 Å². The molecule has 0 saturated heterocycles. The van der Waals surface area contributed by atoms with Crippen LogP contribution in [0.3, 0.4) is 0 Å². The van der Waals surface area contributed by atoms with Gasteiger partial charge in [-0.2, -0.15) is 10.5 Å². The third-order valence-electron chi connectivity index (χ3n) is 2.86. The summed E-state index contributed by atoms with van der Waals surface area (Å²) in [6.45, 7) is 0. The van der Waals surface area contributed by atoms with Crippen LogP contribution in [0, 0.1) is 22.7 Å². The van der Waals surface area contributed by atoms with E-state index in [0.717, 1.165) is 18.0 Å². The molecule has 0 N–H and O–H groups in total. The minimum atomic E-state index is -0.0186. The van der Waals surface area contributed by atoms with Crippen LogP contribution in [0.1, 0.15) is 38.5 Å². The van der Waals surface area contributed by atoms with Crippen molar-refractivity contribution in [2.24, 2.45) is 0 Å². The second-order valence-corrected chi connectivity index (χ2v) is 6.59. The van der Waals surface area contributed by atoms with Gasteiger partial charge in [0.05, 0.1) is 12.1 Å². The molecular weight excluding hydrogens is 191 g/mol. The number of rotatable bonds is 5.